The van der Waals surface area contributed by atoms with Crippen LogP contribution in [0.3, 0.4) is 0 Å². The quantitative estimate of drug-likeness (QED) is 0.468. The van der Waals surface area contributed by atoms with Crippen LogP contribution in [-0.2, 0) is 6.18 Å². The molecule has 1 amide bonds. The maximum Gasteiger partial charge on any atom is 0.416 e. The largest absolute Gasteiger partial charge is 0.416 e. The molecule has 0 saturated heterocycles. The van der Waals surface area contributed by atoms with Crippen molar-refractivity contribution in [3.05, 3.63) is 47.5 Å². The van der Waals surface area contributed by atoms with Gasteiger partial charge in [-0.15, -0.1) is 0 Å². The lowest BCUT2D eigenvalue weighted by Crippen LogP contribution is -2.53. The van der Waals surface area contributed by atoms with Gasteiger partial charge in [-0.3, -0.25) is 4.79 Å². The van der Waals surface area contributed by atoms with Crippen molar-refractivity contribution in [3.63, 3.8) is 0 Å². The van der Waals surface area contributed by atoms with Gasteiger partial charge in [0, 0.05) is 18.7 Å². The fourth-order valence-electron chi connectivity index (χ4n) is 7.59. The van der Waals surface area contributed by atoms with Gasteiger partial charge in [-0.1, -0.05) is 26.0 Å². The number of hydrogen-bond donors (Lipinski definition) is 3. The summed E-state index contributed by atoms with van der Waals surface area (Å²) in [6.45, 7) is 9.35. The molecule has 7 heteroatoms. The first-order valence-corrected chi connectivity index (χ1v) is 12.8. The zero-order valence-electron chi connectivity index (χ0n) is 20.7. The van der Waals surface area contributed by atoms with Crippen LogP contribution in [0.1, 0.15) is 74.7 Å². The van der Waals surface area contributed by atoms with Gasteiger partial charge in [0.1, 0.15) is 0 Å². The van der Waals surface area contributed by atoms with E-state index in [0.29, 0.717) is 25.3 Å². The normalized spacial score (nSPS) is 37.7. The van der Waals surface area contributed by atoms with E-state index in [9.17, 15) is 28.2 Å². The van der Waals surface area contributed by atoms with E-state index in [-0.39, 0.29) is 46.7 Å². The van der Waals surface area contributed by atoms with Crippen LogP contribution in [0.25, 0.3) is 0 Å². The second-order valence-corrected chi connectivity index (χ2v) is 11.6. The number of fused-ring (bicyclic) bond motifs is 1. The molecule has 3 aliphatic rings. The van der Waals surface area contributed by atoms with Crippen molar-refractivity contribution in [1.29, 1.82) is 0 Å². The molecule has 3 aliphatic carbocycles. The van der Waals surface area contributed by atoms with E-state index >= 15 is 0 Å². The van der Waals surface area contributed by atoms with Crippen molar-refractivity contribution in [1.82, 2.24) is 5.32 Å². The van der Waals surface area contributed by atoms with Crippen LogP contribution in [0.4, 0.5) is 13.2 Å². The van der Waals surface area contributed by atoms with Gasteiger partial charge < -0.3 is 15.5 Å². The van der Waals surface area contributed by atoms with Crippen LogP contribution in [-0.4, -0.2) is 35.4 Å². The second-order valence-electron chi connectivity index (χ2n) is 11.6. The number of alkyl halides is 3. The summed E-state index contributed by atoms with van der Waals surface area (Å²) >= 11 is 0. The Kier molecular flexibility index (Phi) is 7.15. The number of aliphatic hydroxyl groups is 2. The van der Waals surface area contributed by atoms with Crippen molar-refractivity contribution in [3.8, 4) is 0 Å². The average Bonchev–Trinajstić information content (AvgIpc) is 3.12. The predicted molar refractivity (Wildman–Crippen MR) is 129 cm³/mol. The number of nitrogens with one attached hydrogen (secondary N) is 1. The maximum absolute atomic E-state index is 12.9. The summed E-state index contributed by atoms with van der Waals surface area (Å²) in [5.74, 6) is 0.414. The van der Waals surface area contributed by atoms with E-state index in [1.165, 1.54) is 17.7 Å². The number of halogens is 3. The van der Waals surface area contributed by atoms with Gasteiger partial charge in [-0.25, -0.2) is 0 Å². The fraction of sp³-hybridized carbons (Fsp3) is 0.679. The van der Waals surface area contributed by atoms with Gasteiger partial charge in [-0.05, 0) is 104 Å². The minimum Gasteiger partial charge on any atom is -0.396 e. The molecule has 0 aromatic heterocycles. The molecule has 194 valence electrons. The van der Waals surface area contributed by atoms with Gasteiger partial charge in [0.25, 0.3) is 5.91 Å². The monoisotopic (exact) mass is 493 g/mol. The number of carbonyl (C=O) groups is 1. The maximum atomic E-state index is 12.9. The molecule has 4 nitrogen and oxygen atoms in total. The molecule has 1 aromatic carbocycles. The van der Waals surface area contributed by atoms with Gasteiger partial charge in [-0.2, -0.15) is 13.2 Å². The number of benzene rings is 1. The number of aliphatic hydroxyl groups excluding tert-OH is 2. The van der Waals surface area contributed by atoms with E-state index in [2.05, 4.69) is 25.7 Å². The number of rotatable bonds is 5. The molecule has 7 atom stereocenters. The van der Waals surface area contributed by atoms with Crippen LogP contribution in [0.15, 0.2) is 36.4 Å². The van der Waals surface area contributed by atoms with Gasteiger partial charge in [0.05, 0.1) is 11.7 Å². The summed E-state index contributed by atoms with van der Waals surface area (Å²) in [5.41, 5.74) is 0.568. The highest BCUT2D eigenvalue weighted by Crippen LogP contribution is 2.63. The van der Waals surface area contributed by atoms with E-state index in [4.69, 9.17) is 0 Å². The first kappa shape index (κ1) is 26.2. The Morgan fingerprint density at radius 2 is 1.80 bits per heavy atom. The molecule has 35 heavy (non-hydrogen) atoms. The molecule has 0 spiro atoms. The summed E-state index contributed by atoms with van der Waals surface area (Å²) in [6, 6.07) is 4.33. The molecule has 4 rings (SSSR count). The van der Waals surface area contributed by atoms with Gasteiger partial charge in [0.15, 0.2) is 0 Å². The molecule has 0 heterocycles. The predicted octanol–water partition coefficient (Wildman–Crippen LogP) is 5.59. The van der Waals surface area contributed by atoms with Gasteiger partial charge >= 0.3 is 6.18 Å². The van der Waals surface area contributed by atoms with Crippen molar-refractivity contribution < 1.29 is 28.2 Å². The summed E-state index contributed by atoms with van der Waals surface area (Å²) in [7, 11) is 0. The first-order chi connectivity index (χ1) is 16.4. The lowest BCUT2D eigenvalue weighted by molar-refractivity contribution is -0.137. The fourth-order valence-corrected chi connectivity index (χ4v) is 7.59. The molecule has 0 bridgehead atoms. The minimum atomic E-state index is -4.44. The highest BCUT2D eigenvalue weighted by atomic mass is 19.4. The summed E-state index contributed by atoms with van der Waals surface area (Å²) < 4.78 is 38.7. The Labute approximate surface area is 206 Å². The zero-order chi connectivity index (χ0) is 25.6. The molecule has 3 N–H and O–H groups in total. The van der Waals surface area contributed by atoms with Crippen LogP contribution >= 0.6 is 0 Å². The summed E-state index contributed by atoms with van der Waals surface area (Å²) in [5, 5.41) is 23.5. The zero-order valence-corrected chi connectivity index (χ0v) is 20.7. The Balaban J connectivity index is 1.57. The Morgan fingerprint density at radius 3 is 2.43 bits per heavy atom. The standard InChI is InChI=1S/C28H38F3NO3/c1-17-4-9-23-22(15-32-25(35)18-5-7-19(8-6-18)28(29,30)31)24(11-13-26(17,23)2)27(3)12-10-21(34)14-20(27)16-33/h5-8,20-24,33-34H,1,4,9-16H2,2-3H3,(H,32,35)/t20-,21+,22+,23+,24+,26-,27+/m1/s1. The highest BCUT2D eigenvalue weighted by Gasteiger charge is 2.56. The lowest BCUT2D eigenvalue weighted by Gasteiger charge is -2.56. The molecule has 3 fully saturated rings. The third-order valence-corrected chi connectivity index (χ3v) is 9.94. The Hall–Kier alpha value is -1.86. The van der Waals surface area contributed by atoms with Crippen LogP contribution in [0, 0.1) is 34.5 Å². The third-order valence-electron chi connectivity index (χ3n) is 9.94. The Bertz CT molecular complexity index is 946. The smallest absolute Gasteiger partial charge is 0.396 e. The summed E-state index contributed by atoms with van der Waals surface area (Å²) in [6.07, 6.45) is 1.27. The summed E-state index contributed by atoms with van der Waals surface area (Å²) in [4.78, 5) is 12.9. The van der Waals surface area contributed by atoms with Gasteiger partial charge in [0.2, 0.25) is 0 Å². The average molecular weight is 494 g/mol. The van der Waals surface area contributed by atoms with Crippen LogP contribution in [0.5, 0.6) is 0 Å². The number of allylic oxidation sites excluding steroid dienone is 1. The molecule has 0 unspecified atom stereocenters. The lowest BCUT2D eigenvalue weighted by atomic mass is 9.49. The van der Waals surface area contributed by atoms with Crippen molar-refractivity contribution in [2.75, 3.05) is 13.2 Å². The van der Waals surface area contributed by atoms with Crippen LogP contribution in [0.2, 0.25) is 0 Å². The minimum absolute atomic E-state index is 0.00155. The molecule has 0 radical (unpaired) electrons. The second kappa shape index (κ2) is 9.55. The molecular formula is C28H38F3NO3. The number of amides is 1. The van der Waals surface area contributed by atoms with Crippen LogP contribution < -0.4 is 5.32 Å². The SMILES string of the molecule is C=C1CC[C@H]2[C@H](CNC(=O)c3ccc(C(F)(F)F)cc3)[C@@H]([C@@]3(C)CC[C@H](O)C[C@@H]3CO)CC[C@]12C. The Morgan fingerprint density at radius 1 is 1.11 bits per heavy atom. The number of carbonyl (C=O) groups excluding carboxylic acids is 1. The van der Waals surface area contributed by atoms with Crippen molar-refractivity contribution in [2.45, 2.75) is 71.1 Å². The first-order valence-electron chi connectivity index (χ1n) is 12.8. The number of hydrogen-bond acceptors (Lipinski definition) is 3. The van der Waals surface area contributed by atoms with Crippen molar-refractivity contribution >= 4 is 5.91 Å². The molecule has 0 aliphatic heterocycles. The molecule has 1 aromatic rings. The highest BCUT2D eigenvalue weighted by molar-refractivity contribution is 5.94. The van der Waals surface area contributed by atoms with E-state index in [1.807, 2.05) is 0 Å². The topological polar surface area (TPSA) is 69.6 Å². The molecule has 3 saturated carbocycles. The van der Waals surface area contributed by atoms with E-state index in [1.54, 1.807) is 0 Å². The van der Waals surface area contributed by atoms with Crippen molar-refractivity contribution in [2.24, 2.45) is 34.5 Å². The van der Waals surface area contributed by atoms with E-state index in [0.717, 1.165) is 44.2 Å². The van der Waals surface area contributed by atoms with E-state index < -0.39 is 17.8 Å². The molecular weight excluding hydrogens is 455 g/mol. The third kappa shape index (κ3) is 4.78.